The van der Waals surface area contributed by atoms with E-state index in [4.69, 9.17) is 0 Å². The number of aliphatic hydroxyl groups excluding tert-OH is 1. The Hall–Kier alpha value is -2.34. The molecule has 2 atom stereocenters. The van der Waals surface area contributed by atoms with Crippen molar-refractivity contribution in [1.82, 2.24) is 20.2 Å². The number of hydrogen-bond donors (Lipinski definition) is 3. The molecule has 2 amide bonds. The Morgan fingerprint density at radius 1 is 1.35 bits per heavy atom. The third-order valence-electron chi connectivity index (χ3n) is 3.68. The lowest BCUT2D eigenvalue weighted by Gasteiger charge is -2.19. The molecule has 2 rings (SSSR count). The summed E-state index contributed by atoms with van der Waals surface area (Å²) in [5.41, 5.74) is 1.12. The van der Waals surface area contributed by atoms with Crippen molar-refractivity contribution in [3.63, 3.8) is 0 Å². The van der Waals surface area contributed by atoms with Crippen molar-refractivity contribution in [3.05, 3.63) is 54.6 Å². The first kappa shape index (κ1) is 17.0. The number of nitrogens with one attached hydrogen (secondary N) is 2. The van der Waals surface area contributed by atoms with Crippen molar-refractivity contribution in [2.24, 2.45) is 0 Å². The molecule has 0 spiro atoms. The van der Waals surface area contributed by atoms with E-state index < -0.39 is 0 Å². The van der Waals surface area contributed by atoms with Gasteiger partial charge in [0, 0.05) is 44.0 Å². The monoisotopic (exact) mass is 316 g/mol. The molecule has 2 unspecified atom stereocenters. The maximum Gasteiger partial charge on any atom is 0.315 e. The molecule has 0 aliphatic rings. The molecule has 1 aromatic heterocycles. The third kappa shape index (κ3) is 5.75. The average molecular weight is 316 g/mol. The topological polar surface area (TPSA) is 79.2 Å². The Morgan fingerprint density at radius 3 is 2.78 bits per heavy atom. The summed E-state index contributed by atoms with van der Waals surface area (Å²) in [6.07, 6.45) is 5.92. The van der Waals surface area contributed by atoms with Gasteiger partial charge in [0.05, 0.1) is 6.33 Å². The van der Waals surface area contributed by atoms with E-state index in [0.29, 0.717) is 19.5 Å². The highest BCUT2D eigenvalue weighted by Gasteiger charge is 2.13. The maximum atomic E-state index is 12.0. The number of carbonyl (C=O) groups excluding carboxylic acids is 1. The fourth-order valence-electron chi connectivity index (χ4n) is 2.51. The van der Waals surface area contributed by atoms with Crippen LogP contribution >= 0.6 is 0 Å². The number of amides is 2. The van der Waals surface area contributed by atoms with Crippen LogP contribution in [0.25, 0.3) is 0 Å². The number of aliphatic hydroxyl groups is 1. The molecule has 2 aromatic rings. The van der Waals surface area contributed by atoms with Crippen molar-refractivity contribution in [3.8, 4) is 0 Å². The molecule has 3 N–H and O–H groups in total. The number of carbonyl (C=O) groups is 1. The number of imidazole rings is 1. The van der Waals surface area contributed by atoms with Gasteiger partial charge in [-0.1, -0.05) is 30.3 Å². The second-order valence-electron chi connectivity index (χ2n) is 5.63. The Balaban J connectivity index is 1.79. The van der Waals surface area contributed by atoms with Crippen molar-refractivity contribution < 1.29 is 9.90 Å². The number of rotatable bonds is 8. The van der Waals surface area contributed by atoms with Crippen LogP contribution in [-0.4, -0.2) is 39.9 Å². The highest BCUT2D eigenvalue weighted by atomic mass is 16.3. The average Bonchev–Trinajstić information content (AvgIpc) is 3.05. The van der Waals surface area contributed by atoms with Gasteiger partial charge in [0.25, 0.3) is 0 Å². The van der Waals surface area contributed by atoms with Gasteiger partial charge in [0.15, 0.2) is 0 Å². The molecule has 0 bridgehead atoms. The van der Waals surface area contributed by atoms with Crippen LogP contribution in [0.3, 0.4) is 0 Å². The van der Waals surface area contributed by atoms with Crippen molar-refractivity contribution >= 4 is 6.03 Å². The van der Waals surface area contributed by atoms with Gasteiger partial charge in [0.2, 0.25) is 0 Å². The predicted octanol–water partition coefficient (Wildman–Crippen LogP) is 1.74. The largest absolute Gasteiger partial charge is 0.396 e. The van der Waals surface area contributed by atoms with Gasteiger partial charge in [-0.05, 0) is 18.9 Å². The Morgan fingerprint density at radius 2 is 2.13 bits per heavy atom. The van der Waals surface area contributed by atoms with E-state index >= 15 is 0 Å². The third-order valence-corrected chi connectivity index (χ3v) is 3.68. The minimum Gasteiger partial charge on any atom is -0.396 e. The van der Waals surface area contributed by atoms with Gasteiger partial charge in [-0.2, -0.15) is 0 Å². The molecule has 0 aliphatic carbocycles. The van der Waals surface area contributed by atoms with Crippen LogP contribution in [0.5, 0.6) is 0 Å². The lowest BCUT2D eigenvalue weighted by atomic mass is 9.96. The Labute approximate surface area is 136 Å². The zero-order chi connectivity index (χ0) is 16.5. The van der Waals surface area contributed by atoms with Gasteiger partial charge in [-0.25, -0.2) is 9.78 Å². The summed E-state index contributed by atoms with van der Waals surface area (Å²) < 4.78 is 1.92. The molecule has 6 heteroatoms. The molecular weight excluding hydrogens is 292 g/mol. The number of benzene rings is 1. The van der Waals surface area contributed by atoms with E-state index in [1.165, 1.54) is 0 Å². The summed E-state index contributed by atoms with van der Waals surface area (Å²) in [4.78, 5) is 16.0. The second kappa shape index (κ2) is 8.95. The lowest BCUT2D eigenvalue weighted by molar-refractivity contribution is 0.233. The van der Waals surface area contributed by atoms with Gasteiger partial charge in [0.1, 0.15) is 0 Å². The highest BCUT2D eigenvalue weighted by molar-refractivity contribution is 5.74. The Kier molecular flexibility index (Phi) is 6.62. The minimum absolute atomic E-state index is 0.00258. The van der Waals surface area contributed by atoms with Crippen molar-refractivity contribution in [2.45, 2.75) is 31.8 Å². The summed E-state index contributed by atoms with van der Waals surface area (Å²) in [5, 5.41) is 15.0. The highest BCUT2D eigenvalue weighted by Crippen LogP contribution is 2.17. The second-order valence-corrected chi connectivity index (χ2v) is 5.63. The summed E-state index contributed by atoms with van der Waals surface area (Å²) in [5.74, 6) is 0.107. The van der Waals surface area contributed by atoms with Crippen LogP contribution in [0.4, 0.5) is 4.79 Å². The van der Waals surface area contributed by atoms with Crippen LogP contribution in [0.2, 0.25) is 0 Å². The van der Waals surface area contributed by atoms with Crippen LogP contribution < -0.4 is 10.6 Å². The number of nitrogens with zero attached hydrogens (tertiary/aromatic N) is 2. The Bertz CT molecular complexity index is 572. The molecule has 124 valence electrons. The normalized spacial score (nSPS) is 13.3. The summed E-state index contributed by atoms with van der Waals surface area (Å²) >= 11 is 0. The summed E-state index contributed by atoms with van der Waals surface area (Å²) in [6.45, 7) is 3.21. The first-order chi connectivity index (χ1) is 11.2. The minimum atomic E-state index is -0.198. The van der Waals surface area contributed by atoms with E-state index in [2.05, 4.69) is 15.6 Å². The smallest absolute Gasteiger partial charge is 0.315 e. The molecule has 1 aromatic carbocycles. The van der Waals surface area contributed by atoms with Crippen LogP contribution in [0.1, 0.15) is 24.8 Å². The van der Waals surface area contributed by atoms with Crippen molar-refractivity contribution in [1.29, 1.82) is 0 Å². The maximum absolute atomic E-state index is 12.0. The zero-order valence-corrected chi connectivity index (χ0v) is 13.4. The molecule has 0 saturated carbocycles. The van der Waals surface area contributed by atoms with Gasteiger partial charge >= 0.3 is 6.03 Å². The molecule has 1 heterocycles. The first-order valence-corrected chi connectivity index (χ1v) is 7.85. The number of aromatic nitrogens is 2. The molecule has 23 heavy (non-hydrogen) atoms. The SMILES string of the molecule is CC(Cn1ccnc1)NC(=O)NCC(CCO)c1ccccc1. The summed E-state index contributed by atoms with van der Waals surface area (Å²) in [6, 6.07) is 9.72. The molecule has 6 nitrogen and oxygen atoms in total. The van der Waals surface area contributed by atoms with E-state index in [-0.39, 0.29) is 24.6 Å². The van der Waals surface area contributed by atoms with Crippen LogP contribution in [-0.2, 0) is 6.54 Å². The van der Waals surface area contributed by atoms with E-state index in [9.17, 15) is 9.90 Å². The van der Waals surface area contributed by atoms with E-state index in [1.807, 2.05) is 48.0 Å². The standard InChI is InChI=1S/C17H24N4O2/c1-14(12-21-9-8-18-13-21)20-17(23)19-11-16(7-10-22)15-5-3-2-4-6-15/h2-6,8-9,13-14,16,22H,7,10-12H2,1H3,(H2,19,20,23). The fraction of sp³-hybridized carbons (Fsp3) is 0.412. The molecule has 0 fully saturated rings. The van der Waals surface area contributed by atoms with Crippen molar-refractivity contribution in [2.75, 3.05) is 13.2 Å². The molecule has 0 saturated heterocycles. The molecular formula is C17H24N4O2. The number of hydrogen-bond acceptors (Lipinski definition) is 3. The summed E-state index contributed by atoms with van der Waals surface area (Å²) in [7, 11) is 0. The van der Waals surface area contributed by atoms with Crippen LogP contribution in [0, 0.1) is 0 Å². The zero-order valence-electron chi connectivity index (χ0n) is 13.4. The molecule has 0 aliphatic heterocycles. The first-order valence-electron chi connectivity index (χ1n) is 7.85. The van der Waals surface area contributed by atoms with Crippen LogP contribution in [0.15, 0.2) is 49.1 Å². The van der Waals surface area contributed by atoms with Gasteiger partial charge in [-0.15, -0.1) is 0 Å². The lowest BCUT2D eigenvalue weighted by Crippen LogP contribution is -2.43. The number of urea groups is 1. The van der Waals surface area contributed by atoms with Gasteiger partial charge < -0.3 is 20.3 Å². The van der Waals surface area contributed by atoms with E-state index in [0.717, 1.165) is 5.56 Å². The fourth-order valence-corrected chi connectivity index (χ4v) is 2.51. The predicted molar refractivity (Wildman–Crippen MR) is 89.1 cm³/mol. The van der Waals surface area contributed by atoms with E-state index in [1.54, 1.807) is 12.5 Å². The van der Waals surface area contributed by atoms with Gasteiger partial charge in [-0.3, -0.25) is 0 Å². The quantitative estimate of drug-likeness (QED) is 0.694. The molecule has 0 radical (unpaired) electrons.